The summed E-state index contributed by atoms with van der Waals surface area (Å²) < 4.78 is 12.5. The molecule has 168 valence electrons. The normalized spacial score (nSPS) is 16.2. The van der Waals surface area contributed by atoms with Crippen molar-refractivity contribution in [1.82, 2.24) is 24.4 Å². The van der Waals surface area contributed by atoms with Crippen LogP contribution in [0, 0.1) is 6.92 Å². The van der Waals surface area contributed by atoms with Crippen LogP contribution in [0.5, 0.6) is 0 Å². The highest BCUT2D eigenvalue weighted by Crippen LogP contribution is 2.27. The number of benzene rings is 1. The highest BCUT2D eigenvalue weighted by Gasteiger charge is 2.29. The topological polar surface area (TPSA) is 91.3 Å². The molecule has 0 radical (unpaired) electrons. The van der Waals surface area contributed by atoms with Crippen molar-refractivity contribution in [2.24, 2.45) is 5.73 Å². The Balaban J connectivity index is 1.61. The van der Waals surface area contributed by atoms with E-state index in [0.717, 1.165) is 23.7 Å². The lowest BCUT2D eigenvalue weighted by Gasteiger charge is -2.36. The fraction of sp³-hybridized carbons (Fsp3) is 0.375. The van der Waals surface area contributed by atoms with Crippen molar-refractivity contribution in [2.45, 2.75) is 45.3 Å². The minimum Gasteiger partial charge on any atom is -0.462 e. The Morgan fingerprint density at radius 2 is 2.06 bits per heavy atom. The van der Waals surface area contributed by atoms with Gasteiger partial charge in [0, 0.05) is 49.2 Å². The van der Waals surface area contributed by atoms with Gasteiger partial charge in [-0.15, -0.1) is 0 Å². The SMILES string of the molecule is Cc1cc(C(C)N(Cc2ccccc2)CC(C)(N)CC2=COCO2)nc(-n2ccnc2)n1. The molecular weight excluding hydrogens is 404 g/mol. The summed E-state index contributed by atoms with van der Waals surface area (Å²) in [6.45, 7) is 7.83. The number of aromatic nitrogens is 4. The van der Waals surface area contributed by atoms with E-state index in [1.807, 2.05) is 36.7 Å². The molecule has 8 heteroatoms. The highest BCUT2D eigenvalue weighted by atomic mass is 16.7. The molecule has 1 aromatic carbocycles. The maximum absolute atomic E-state index is 6.74. The largest absolute Gasteiger partial charge is 0.462 e. The molecule has 1 aliphatic heterocycles. The Bertz CT molecular complexity index is 1050. The number of hydrogen-bond donors (Lipinski definition) is 1. The number of imidazole rings is 1. The molecule has 2 aromatic heterocycles. The van der Waals surface area contributed by atoms with Gasteiger partial charge in [-0.3, -0.25) is 9.47 Å². The first-order valence-corrected chi connectivity index (χ1v) is 10.7. The van der Waals surface area contributed by atoms with Gasteiger partial charge in [-0.1, -0.05) is 30.3 Å². The third-order valence-corrected chi connectivity index (χ3v) is 5.47. The van der Waals surface area contributed by atoms with Gasteiger partial charge in [0.1, 0.15) is 18.3 Å². The van der Waals surface area contributed by atoms with Crippen molar-refractivity contribution in [3.63, 3.8) is 0 Å². The quantitative estimate of drug-likeness (QED) is 0.551. The molecule has 0 bridgehead atoms. The summed E-state index contributed by atoms with van der Waals surface area (Å²) in [7, 11) is 0. The van der Waals surface area contributed by atoms with E-state index in [1.165, 1.54) is 5.56 Å². The third-order valence-electron chi connectivity index (χ3n) is 5.47. The van der Waals surface area contributed by atoms with Crippen LogP contribution in [0.15, 0.2) is 67.1 Å². The predicted octanol–water partition coefficient (Wildman–Crippen LogP) is 3.49. The summed E-state index contributed by atoms with van der Waals surface area (Å²) in [5.41, 5.74) is 9.29. The maximum atomic E-state index is 6.74. The van der Waals surface area contributed by atoms with Crippen LogP contribution >= 0.6 is 0 Å². The fourth-order valence-electron chi connectivity index (χ4n) is 3.90. The standard InChI is InChI=1S/C24H30N6O2/c1-18-11-22(28-23(27-18)29-10-9-26-16-29)19(2)30(13-20-7-5-4-6-8-20)15-24(3,25)12-21-14-31-17-32-21/h4-11,14,16,19H,12-13,15,17,25H2,1-3H3. The number of nitrogens with zero attached hydrogens (tertiary/aromatic N) is 5. The monoisotopic (exact) mass is 434 g/mol. The van der Waals surface area contributed by atoms with Crippen LogP contribution in [0.4, 0.5) is 0 Å². The van der Waals surface area contributed by atoms with E-state index in [2.05, 4.69) is 46.1 Å². The molecule has 0 saturated carbocycles. The summed E-state index contributed by atoms with van der Waals surface area (Å²) in [5, 5.41) is 0. The lowest BCUT2D eigenvalue weighted by molar-refractivity contribution is 0.0715. The molecule has 2 N–H and O–H groups in total. The van der Waals surface area contributed by atoms with Crippen molar-refractivity contribution in [3.8, 4) is 5.95 Å². The molecule has 0 amide bonds. The number of aryl methyl sites for hydroxylation is 1. The number of nitrogens with two attached hydrogens (primary N) is 1. The molecule has 0 aliphatic carbocycles. The molecule has 1 aliphatic rings. The van der Waals surface area contributed by atoms with Crippen molar-refractivity contribution >= 4 is 0 Å². The Morgan fingerprint density at radius 3 is 2.75 bits per heavy atom. The summed E-state index contributed by atoms with van der Waals surface area (Å²) in [5.74, 6) is 1.39. The van der Waals surface area contributed by atoms with Crippen LogP contribution in [0.25, 0.3) is 5.95 Å². The van der Waals surface area contributed by atoms with E-state index in [0.29, 0.717) is 18.9 Å². The van der Waals surface area contributed by atoms with E-state index >= 15 is 0 Å². The molecular formula is C24H30N6O2. The summed E-state index contributed by atoms with van der Waals surface area (Å²) in [6, 6.07) is 12.4. The Kier molecular flexibility index (Phi) is 6.53. The zero-order valence-corrected chi connectivity index (χ0v) is 18.8. The summed E-state index contributed by atoms with van der Waals surface area (Å²) in [4.78, 5) is 15.9. The van der Waals surface area contributed by atoms with Crippen molar-refractivity contribution < 1.29 is 9.47 Å². The van der Waals surface area contributed by atoms with E-state index in [4.69, 9.17) is 20.2 Å². The second kappa shape index (κ2) is 9.50. The van der Waals surface area contributed by atoms with Gasteiger partial charge in [0.25, 0.3) is 0 Å². The van der Waals surface area contributed by atoms with Gasteiger partial charge in [-0.2, -0.15) is 0 Å². The first kappa shape index (κ1) is 22.0. The molecule has 0 fully saturated rings. The molecule has 0 saturated heterocycles. The molecule has 3 heterocycles. The third kappa shape index (κ3) is 5.52. The van der Waals surface area contributed by atoms with Gasteiger partial charge in [-0.25, -0.2) is 15.0 Å². The fourth-order valence-corrected chi connectivity index (χ4v) is 3.90. The van der Waals surface area contributed by atoms with Gasteiger partial charge in [-0.05, 0) is 32.4 Å². The Morgan fingerprint density at radius 1 is 1.25 bits per heavy atom. The first-order chi connectivity index (χ1) is 15.4. The highest BCUT2D eigenvalue weighted by molar-refractivity contribution is 5.22. The van der Waals surface area contributed by atoms with Gasteiger partial charge in [0.2, 0.25) is 12.7 Å². The molecule has 32 heavy (non-hydrogen) atoms. The van der Waals surface area contributed by atoms with Gasteiger partial charge in [0.05, 0.1) is 5.69 Å². The molecule has 2 atom stereocenters. The molecule has 8 nitrogen and oxygen atoms in total. The zero-order chi connectivity index (χ0) is 22.6. The minimum atomic E-state index is -0.516. The summed E-state index contributed by atoms with van der Waals surface area (Å²) >= 11 is 0. The van der Waals surface area contributed by atoms with Crippen LogP contribution < -0.4 is 5.73 Å². The lowest BCUT2D eigenvalue weighted by atomic mass is 9.95. The van der Waals surface area contributed by atoms with Crippen molar-refractivity contribution in [3.05, 3.63) is 84.1 Å². The van der Waals surface area contributed by atoms with Crippen LogP contribution in [0.3, 0.4) is 0 Å². The second-order valence-corrected chi connectivity index (χ2v) is 8.61. The minimum absolute atomic E-state index is 0.0109. The van der Waals surface area contributed by atoms with Crippen LogP contribution in [0.1, 0.15) is 43.3 Å². The van der Waals surface area contributed by atoms with Crippen molar-refractivity contribution in [2.75, 3.05) is 13.3 Å². The number of rotatable bonds is 9. The van der Waals surface area contributed by atoms with E-state index < -0.39 is 5.54 Å². The van der Waals surface area contributed by atoms with Gasteiger partial charge < -0.3 is 15.2 Å². The van der Waals surface area contributed by atoms with E-state index in [9.17, 15) is 0 Å². The second-order valence-electron chi connectivity index (χ2n) is 8.61. The Hall–Kier alpha value is -3.23. The van der Waals surface area contributed by atoms with Crippen LogP contribution in [0.2, 0.25) is 0 Å². The van der Waals surface area contributed by atoms with Crippen LogP contribution in [-0.4, -0.2) is 43.3 Å². The lowest BCUT2D eigenvalue weighted by Crippen LogP contribution is -2.48. The zero-order valence-electron chi connectivity index (χ0n) is 18.8. The number of ether oxygens (including phenoxy) is 2. The van der Waals surface area contributed by atoms with Crippen LogP contribution in [-0.2, 0) is 16.0 Å². The molecule has 3 aromatic rings. The average molecular weight is 435 g/mol. The predicted molar refractivity (Wildman–Crippen MR) is 121 cm³/mol. The van der Waals surface area contributed by atoms with E-state index in [-0.39, 0.29) is 12.8 Å². The smallest absolute Gasteiger partial charge is 0.235 e. The average Bonchev–Trinajstić information content (AvgIpc) is 3.47. The van der Waals surface area contributed by atoms with E-state index in [1.54, 1.807) is 18.8 Å². The molecule has 0 spiro atoms. The number of hydrogen-bond acceptors (Lipinski definition) is 7. The van der Waals surface area contributed by atoms with Gasteiger partial charge >= 0.3 is 0 Å². The molecule has 2 unspecified atom stereocenters. The molecule has 4 rings (SSSR count). The first-order valence-electron chi connectivity index (χ1n) is 10.7. The van der Waals surface area contributed by atoms with Gasteiger partial charge in [0.15, 0.2) is 0 Å². The van der Waals surface area contributed by atoms with Crippen molar-refractivity contribution in [1.29, 1.82) is 0 Å². The Labute approximate surface area is 188 Å². The summed E-state index contributed by atoms with van der Waals surface area (Å²) in [6.07, 6.45) is 7.52. The maximum Gasteiger partial charge on any atom is 0.235 e.